The molecule has 3 aromatic rings. The van der Waals surface area contributed by atoms with E-state index in [2.05, 4.69) is 4.98 Å². The van der Waals surface area contributed by atoms with Crippen LogP contribution in [0.1, 0.15) is 40.5 Å². The predicted molar refractivity (Wildman–Crippen MR) is 90.3 cm³/mol. The average molecular weight is 424 g/mol. The van der Waals surface area contributed by atoms with Gasteiger partial charge in [0.25, 0.3) is 0 Å². The van der Waals surface area contributed by atoms with Gasteiger partial charge in [-0.1, -0.05) is 25.1 Å². The smallest absolute Gasteiger partial charge is 0.809 e. The summed E-state index contributed by atoms with van der Waals surface area (Å²) in [6, 6.07) is 6.77. The molecule has 0 aliphatic heterocycles. The van der Waals surface area contributed by atoms with Crippen LogP contribution < -0.4 is 68.9 Å². The van der Waals surface area contributed by atoms with Crippen molar-refractivity contribution >= 4 is 35.6 Å². The van der Waals surface area contributed by atoms with Crippen molar-refractivity contribution in [2.45, 2.75) is 25.7 Å². The van der Waals surface area contributed by atoms with Crippen LogP contribution in [0.2, 0.25) is 0 Å². The molecule has 0 aliphatic carbocycles. The Labute approximate surface area is 204 Å². The van der Waals surface area contributed by atoms with E-state index in [0.29, 0.717) is 23.0 Å². The van der Waals surface area contributed by atoms with Gasteiger partial charge in [0.05, 0.1) is 17.4 Å². The maximum absolute atomic E-state index is 12.8. The number of carbonyl (C=O) groups excluding carboxylic acids is 1. The maximum atomic E-state index is 12.8. The van der Waals surface area contributed by atoms with Gasteiger partial charge in [-0.05, 0) is 20.1 Å². The Morgan fingerprint density at radius 3 is 2.63 bits per heavy atom. The zero-order valence-electron chi connectivity index (χ0n) is 15.3. The zero-order valence-corrected chi connectivity index (χ0v) is 21.0. The summed E-state index contributed by atoms with van der Waals surface area (Å²) in [4.78, 5) is 39.2. The topological polar surface area (TPSA) is 118 Å². The molecule has 0 bridgehead atoms. The molecule has 0 unspecified atom stereocenters. The standard InChI is InChI=1S/C16H17N2O5PS.2Na/c1-2-14(19)12-8-25-16(17-12)15(20)11-7-18(9-24(21,22)23)13-6-4-3-5-10(11)13;;/h3-8,14,19H,2,9H2,1H3,(H2,21,22,23);;/q;2*+1/p-2/t14-;;/m1../s1. The van der Waals surface area contributed by atoms with Gasteiger partial charge in [0.2, 0.25) is 5.78 Å². The normalized spacial score (nSPS) is 12.3. The van der Waals surface area contributed by atoms with E-state index in [1.54, 1.807) is 29.6 Å². The van der Waals surface area contributed by atoms with Crippen molar-refractivity contribution in [3.05, 3.63) is 52.1 Å². The summed E-state index contributed by atoms with van der Waals surface area (Å²) in [5, 5.41) is 12.2. The van der Waals surface area contributed by atoms with Crippen LogP contribution in [0, 0.1) is 0 Å². The Hall–Kier alpha value is 0.170. The van der Waals surface area contributed by atoms with Gasteiger partial charge in [0.1, 0.15) is 0 Å². The minimum atomic E-state index is -4.79. The number of rotatable bonds is 6. The molecular weight excluding hydrogens is 409 g/mol. The van der Waals surface area contributed by atoms with Crippen LogP contribution in [0.25, 0.3) is 10.9 Å². The number of ketones is 1. The van der Waals surface area contributed by atoms with Gasteiger partial charge in [0.15, 0.2) is 5.01 Å². The van der Waals surface area contributed by atoms with Crippen molar-refractivity contribution < 1.29 is 83.4 Å². The van der Waals surface area contributed by atoms with Crippen molar-refractivity contribution in [1.29, 1.82) is 0 Å². The Morgan fingerprint density at radius 1 is 1.33 bits per heavy atom. The minimum Gasteiger partial charge on any atom is -0.809 e. The van der Waals surface area contributed by atoms with E-state index in [1.807, 2.05) is 6.92 Å². The monoisotopic (exact) mass is 424 g/mol. The Bertz CT molecular complexity index is 984. The SMILES string of the molecule is CC[C@@H](O)c1csc(C(=O)c2cn(CP(=O)([O-])[O-])c3ccccc23)n1.[Na+].[Na+]. The largest absolute Gasteiger partial charge is 1.00 e. The number of carbonyl (C=O) groups is 1. The van der Waals surface area contributed by atoms with E-state index in [0.717, 1.165) is 11.3 Å². The fraction of sp³-hybridized carbons (Fsp3) is 0.250. The van der Waals surface area contributed by atoms with Crippen LogP contribution in [0.5, 0.6) is 0 Å². The third-order valence-corrected chi connectivity index (χ3v) is 5.31. The maximum Gasteiger partial charge on any atom is 1.00 e. The van der Waals surface area contributed by atoms with E-state index < -0.39 is 20.0 Å². The third kappa shape index (κ3) is 5.84. The van der Waals surface area contributed by atoms with Gasteiger partial charge in [-0.2, -0.15) is 0 Å². The minimum absolute atomic E-state index is 0. The average Bonchev–Trinajstić information content (AvgIpc) is 3.18. The Kier molecular flexibility index (Phi) is 9.59. The predicted octanol–water partition coefficient (Wildman–Crippen LogP) is -4.35. The van der Waals surface area contributed by atoms with Gasteiger partial charge in [-0.3, -0.25) is 4.79 Å². The molecule has 0 aliphatic rings. The molecule has 0 spiro atoms. The van der Waals surface area contributed by atoms with Crippen molar-refractivity contribution in [3.8, 4) is 0 Å². The van der Waals surface area contributed by atoms with Crippen LogP contribution in [-0.4, -0.2) is 20.4 Å². The molecule has 0 radical (unpaired) electrons. The summed E-state index contributed by atoms with van der Waals surface area (Å²) in [6.45, 7) is 1.81. The molecule has 2 heterocycles. The van der Waals surface area contributed by atoms with Crippen molar-refractivity contribution in [2.24, 2.45) is 0 Å². The van der Waals surface area contributed by atoms with Crippen LogP contribution in [-0.2, 0) is 10.9 Å². The fourth-order valence-electron chi connectivity index (χ4n) is 2.60. The number of fused-ring (bicyclic) bond motifs is 1. The van der Waals surface area contributed by atoms with E-state index in [1.165, 1.54) is 10.8 Å². The second-order valence-corrected chi connectivity index (χ2v) is 7.98. The molecule has 0 saturated heterocycles. The van der Waals surface area contributed by atoms with Gasteiger partial charge >= 0.3 is 59.1 Å². The molecular formula is C16H15N2Na2O5PS. The molecule has 132 valence electrons. The zero-order chi connectivity index (χ0) is 18.2. The van der Waals surface area contributed by atoms with Crippen LogP contribution >= 0.6 is 18.9 Å². The number of hydrogen-bond acceptors (Lipinski definition) is 7. The Morgan fingerprint density at radius 2 is 2.00 bits per heavy atom. The van der Waals surface area contributed by atoms with E-state index >= 15 is 0 Å². The van der Waals surface area contributed by atoms with Crippen molar-refractivity contribution in [3.63, 3.8) is 0 Å². The molecule has 1 atom stereocenters. The fourth-order valence-corrected chi connectivity index (χ4v) is 4.02. The van der Waals surface area contributed by atoms with Crippen LogP contribution in [0.4, 0.5) is 0 Å². The number of aromatic nitrogens is 2. The second-order valence-electron chi connectivity index (χ2n) is 5.61. The first kappa shape index (κ1) is 25.2. The van der Waals surface area contributed by atoms with Crippen molar-refractivity contribution in [2.75, 3.05) is 0 Å². The molecule has 0 saturated carbocycles. The summed E-state index contributed by atoms with van der Waals surface area (Å²) in [7, 11) is -4.79. The molecule has 2 aromatic heterocycles. The number of benzene rings is 1. The van der Waals surface area contributed by atoms with Gasteiger partial charge in [-0.25, -0.2) is 4.98 Å². The third-order valence-electron chi connectivity index (χ3n) is 3.80. The number of para-hydroxylation sites is 1. The summed E-state index contributed by atoms with van der Waals surface area (Å²) in [5.74, 6) is -0.374. The molecule has 27 heavy (non-hydrogen) atoms. The van der Waals surface area contributed by atoms with E-state index in [4.69, 9.17) is 0 Å². The molecule has 1 aromatic carbocycles. The summed E-state index contributed by atoms with van der Waals surface area (Å²) < 4.78 is 12.4. The summed E-state index contributed by atoms with van der Waals surface area (Å²) in [6.07, 6.45) is 0.399. The second kappa shape index (κ2) is 10.3. The van der Waals surface area contributed by atoms with Gasteiger partial charge in [0, 0.05) is 28.8 Å². The number of hydrogen-bond donors (Lipinski definition) is 1. The summed E-state index contributed by atoms with van der Waals surface area (Å²) >= 11 is 1.12. The van der Waals surface area contributed by atoms with Crippen molar-refractivity contribution in [1.82, 2.24) is 9.55 Å². The first-order valence-electron chi connectivity index (χ1n) is 7.57. The van der Waals surface area contributed by atoms with E-state index in [-0.39, 0.29) is 75.5 Å². The summed E-state index contributed by atoms with van der Waals surface area (Å²) in [5.41, 5.74) is 1.20. The molecule has 11 heteroatoms. The molecule has 1 N–H and O–H groups in total. The first-order valence-corrected chi connectivity index (χ1v) is 10.2. The molecule has 0 amide bonds. The number of thiazole rings is 1. The molecule has 0 fully saturated rings. The number of aliphatic hydroxyl groups excluding tert-OH is 1. The quantitative estimate of drug-likeness (QED) is 0.243. The number of nitrogens with zero attached hydrogens (tertiary/aromatic N) is 2. The van der Waals surface area contributed by atoms with Gasteiger partial charge in [-0.15, -0.1) is 11.3 Å². The number of aliphatic hydroxyl groups is 1. The van der Waals surface area contributed by atoms with Gasteiger partial charge < -0.3 is 24.0 Å². The Balaban J connectivity index is 0.00000182. The molecule has 3 rings (SSSR count). The van der Waals surface area contributed by atoms with Crippen LogP contribution in [0.15, 0.2) is 35.8 Å². The molecule has 7 nitrogen and oxygen atoms in total. The van der Waals surface area contributed by atoms with Crippen LogP contribution in [0.3, 0.4) is 0 Å². The first-order chi connectivity index (χ1) is 11.8. The van der Waals surface area contributed by atoms with E-state index in [9.17, 15) is 24.3 Å².